The van der Waals surface area contributed by atoms with Crippen LogP contribution in [0.2, 0.25) is 0 Å². The molecule has 0 amide bonds. The van der Waals surface area contributed by atoms with Gasteiger partial charge in [-0.2, -0.15) is 0 Å². The normalized spacial score (nSPS) is 11.2. The van der Waals surface area contributed by atoms with Crippen molar-refractivity contribution >= 4 is 0 Å². The molecule has 18 heavy (non-hydrogen) atoms. The molecule has 4 heteroatoms. The molecule has 0 fully saturated rings. The molecule has 0 aromatic heterocycles. The first kappa shape index (κ1) is 17.9. The summed E-state index contributed by atoms with van der Waals surface area (Å²) in [5.41, 5.74) is 2.55. The van der Waals surface area contributed by atoms with Crippen LogP contribution in [-0.2, 0) is 28.1 Å². The van der Waals surface area contributed by atoms with Crippen LogP contribution in [-0.4, -0.2) is 14.2 Å². The van der Waals surface area contributed by atoms with E-state index in [1.807, 2.05) is 12.1 Å². The van der Waals surface area contributed by atoms with E-state index in [0.717, 1.165) is 5.56 Å². The van der Waals surface area contributed by atoms with Gasteiger partial charge in [-0.25, -0.2) is 0 Å². The molecule has 1 aromatic carbocycles. The zero-order valence-corrected chi connectivity index (χ0v) is 14.3. The zero-order chi connectivity index (χ0) is 13.1. The Morgan fingerprint density at radius 3 is 1.67 bits per heavy atom. The van der Waals surface area contributed by atoms with Crippen LogP contribution < -0.4 is 34.7 Å². The fraction of sp³-hybridized carbons (Fsp3) is 0.571. The monoisotopic (exact) mass is 260 g/mol. The molecule has 0 heterocycles. The molecule has 0 bridgehead atoms. The molecule has 3 nitrogen and oxygen atoms in total. The van der Waals surface area contributed by atoms with Crippen LogP contribution in [0.1, 0.15) is 37.5 Å². The second-order valence-corrected chi connectivity index (χ2v) is 5.24. The second-order valence-electron chi connectivity index (χ2n) is 5.24. The van der Waals surface area contributed by atoms with Crippen molar-refractivity contribution in [1.29, 1.82) is 0 Å². The predicted molar refractivity (Wildman–Crippen MR) is 66.0 cm³/mol. The summed E-state index contributed by atoms with van der Waals surface area (Å²) < 4.78 is 10.1. The molecule has 0 saturated carbocycles. The SMILES string of the molecule is COCc1cc(C(C)(C)C)cc(COC)c1[O-].[Na+]. The van der Waals surface area contributed by atoms with Crippen molar-refractivity contribution in [1.82, 2.24) is 0 Å². The summed E-state index contributed by atoms with van der Waals surface area (Å²) in [5, 5.41) is 12.1. The fourth-order valence-corrected chi connectivity index (χ4v) is 1.71. The minimum Gasteiger partial charge on any atom is -0.872 e. The summed E-state index contributed by atoms with van der Waals surface area (Å²) in [4.78, 5) is 0. The Labute approximate surface area is 132 Å². The quantitative estimate of drug-likeness (QED) is 0.676. The minimum atomic E-state index is 0. The van der Waals surface area contributed by atoms with E-state index in [-0.39, 0.29) is 40.7 Å². The van der Waals surface area contributed by atoms with E-state index in [1.54, 1.807) is 14.2 Å². The molecular weight excluding hydrogens is 239 g/mol. The number of hydrogen-bond donors (Lipinski definition) is 0. The molecule has 0 aliphatic heterocycles. The van der Waals surface area contributed by atoms with E-state index in [9.17, 15) is 5.11 Å². The van der Waals surface area contributed by atoms with Gasteiger partial charge < -0.3 is 14.6 Å². The largest absolute Gasteiger partial charge is 1.00 e. The first-order valence-electron chi connectivity index (χ1n) is 5.71. The number of ether oxygens (including phenoxy) is 2. The van der Waals surface area contributed by atoms with Gasteiger partial charge in [-0.3, -0.25) is 0 Å². The Morgan fingerprint density at radius 1 is 1.00 bits per heavy atom. The van der Waals surface area contributed by atoms with Gasteiger partial charge in [0.25, 0.3) is 0 Å². The molecule has 0 atom stereocenters. The van der Waals surface area contributed by atoms with Crippen molar-refractivity contribution in [2.45, 2.75) is 39.4 Å². The van der Waals surface area contributed by atoms with Crippen molar-refractivity contribution in [2.75, 3.05) is 14.2 Å². The van der Waals surface area contributed by atoms with Crippen molar-refractivity contribution in [3.63, 3.8) is 0 Å². The molecule has 0 aliphatic carbocycles. The Hall–Kier alpha value is -0.0600. The standard InChI is InChI=1S/C14H22O3.Na/c1-14(2,3)12-6-10(8-16-4)13(15)11(7-12)9-17-5;/h6-7,15H,8-9H2,1-5H3;/q;+1/p-1. The zero-order valence-electron chi connectivity index (χ0n) is 12.3. The molecule has 0 saturated heterocycles. The molecule has 0 aliphatic rings. The van der Waals surface area contributed by atoms with Gasteiger partial charge >= 0.3 is 29.6 Å². The maximum atomic E-state index is 12.1. The Bertz CT molecular complexity index is 356. The fourth-order valence-electron chi connectivity index (χ4n) is 1.71. The maximum absolute atomic E-state index is 12.1. The summed E-state index contributed by atoms with van der Waals surface area (Å²) >= 11 is 0. The van der Waals surface area contributed by atoms with Gasteiger partial charge in [0.15, 0.2) is 0 Å². The number of hydrogen-bond acceptors (Lipinski definition) is 3. The third kappa shape index (κ3) is 4.56. The van der Waals surface area contributed by atoms with E-state index in [1.165, 1.54) is 0 Å². The topological polar surface area (TPSA) is 41.5 Å². The van der Waals surface area contributed by atoms with E-state index in [2.05, 4.69) is 20.8 Å². The molecule has 0 spiro atoms. The van der Waals surface area contributed by atoms with Crippen LogP contribution in [0.5, 0.6) is 5.75 Å². The van der Waals surface area contributed by atoms with Crippen molar-refractivity contribution in [2.24, 2.45) is 0 Å². The van der Waals surface area contributed by atoms with Crippen molar-refractivity contribution in [3.8, 4) is 5.75 Å². The Kier molecular flexibility index (Phi) is 7.48. The molecule has 1 aromatic rings. The van der Waals surface area contributed by atoms with Crippen LogP contribution >= 0.6 is 0 Å². The van der Waals surface area contributed by atoms with Gasteiger partial charge in [-0.1, -0.05) is 38.7 Å². The number of benzene rings is 1. The maximum Gasteiger partial charge on any atom is 1.00 e. The third-order valence-electron chi connectivity index (χ3n) is 2.71. The van der Waals surface area contributed by atoms with E-state index in [0.29, 0.717) is 24.3 Å². The molecule has 0 radical (unpaired) electrons. The van der Waals surface area contributed by atoms with Crippen LogP contribution in [0.3, 0.4) is 0 Å². The Morgan fingerprint density at radius 2 is 1.39 bits per heavy atom. The van der Waals surface area contributed by atoms with Crippen LogP contribution in [0.4, 0.5) is 0 Å². The minimum absolute atomic E-state index is 0. The average Bonchev–Trinajstić information content (AvgIpc) is 2.22. The van der Waals surface area contributed by atoms with Crippen LogP contribution in [0, 0.1) is 0 Å². The van der Waals surface area contributed by atoms with Gasteiger partial charge in [0.1, 0.15) is 0 Å². The molecule has 0 unspecified atom stereocenters. The molecule has 0 N–H and O–H groups in total. The summed E-state index contributed by atoms with van der Waals surface area (Å²) in [6.45, 7) is 7.07. The number of methoxy groups -OCH3 is 2. The molecule has 1 rings (SSSR count). The first-order valence-corrected chi connectivity index (χ1v) is 5.71. The Balaban J connectivity index is 0.00000289. The van der Waals surface area contributed by atoms with Gasteiger partial charge in [-0.15, -0.1) is 0 Å². The van der Waals surface area contributed by atoms with Crippen LogP contribution in [0.15, 0.2) is 12.1 Å². The van der Waals surface area contributed by atoms with E-state index < -0.39 is 0 Å². The smallest absolute Gasteiger partial charge is 0.872 e. The van der Waals surface area contributed by atoms with Crippen molar-refractivity contribution < 1.29 is 44.1 Å². The summed E-state index contributed by atoms with van der Waals surface area (Å²) in [6.07, 6.45) is 0. The van der Waals surface area contributed by atoms with E-state index in [4.69, 9.17) is 9.47 Å². The van der Waals surface area contributed by atoms with Gasteiger partial charge in [0.2, 0.25) is 0 Å². The second kappa shape index (κ2) is 7.51. The van der Waals surface area contributed by atoms with Gasteiger partial charge in [0, 0.05) is 14.2 Å². The number of rotatable bonds is 4. The first-order chi connectivity index (χ1) is 7.90. The third-order valence-corrected chi connectivity index (χ3v) is 2.71. The summed E-state index contributed by atoms with van der Waals surface area (Å²) in [5.74, 6) is 0.0294. The summed E-state index contributed by atoms with van der Waals surface area (Å²) in [6, 6.07) is 3.87. The summed E-state index contributed by atoms with van der Waals surface area (Å²) in [7, 11) is 3.19. The van der Waals surface area contributed by atoms with Gasteiger partial charge in [0.05, 0.1) is 13.2 Å². The predicted octanol–water partition coefficient (Wildman–Crippen LogP) is -0.645. The average molecular weight is 260 g/mol. The van der Waals surface area contributed by atoms with Crippen LogP contribution in [0.25, 0.3) is 0 Å². The van der Waals surface area contributed by atoms with E-state index >= 15 is 0 Å². The van der Waals surface area contributed by atoms with Crippen molar-refractivity contribution in [3.05, 3.63) is 28.8 Å². The molecular formula is C14H21NaO3. The molecule has 96 valence electrons. The van der Waals surface area contributed by atoms with Gasteiger partial charge in [-0.05, 0) is 22.1 Å².